The van der Waals surface area contributed by atoms with Gasteiger partial charge in [-0.3, -0.25) is 9.59 Å². The summed E-state index contributed by atoms with van der Waals surface area (Å²) in [6, 6.07) is 11.2. The van der Waals surface area contributed by atoms with Crippen LogP contribution >= 0.6 is 0 Å². The van der Waals surface area contributed by atoms with Crippen molar-refractivity contribution < 1.29 is 14.6 Å². The molecule has 3 aromatic rings. The Morgan fingerprint density at radius 1 is 1.09 bits per heavy atom. The van der Waals surface area contributed by atoms with Gasteiger partial charge in [0.15, 0.2) is 0 Å². The molecule has 1 heterocycles. The van der Waals surface area contributed by atoms with Crippen LogP contribution in [0.4, 0.5) is 0 Å². The molecular weight excluding hydrogens is 416 g/mol. The second kappa shape index (κ2) is 8.34. The van der Waals surface area contributed by atoms with Crippen molar-refractivity contribution in [1.29, 1.82) is 0 Å². The maximum absolute atomic E-state index is 11.9. The molecule has 0 unspecified atom stereocenters. The lowest BCUT2D eigenvalue weighted by molar-refractivity contribution is -0.146. The average molecular weight is 447 g/mol. The number of hydrogen-bond acceptors (Lipinski definition) is 5. The van der Waals surface area contributed by atoms with Gasteiger partial charge in [-0.1, -0.05) is 18.2 Å². The molecule has 0 saturated carbocycles. The van der Waals surface area contributed by atoms with Crippen molar-refractivity contribution in [2.45, 2.75) is 64.0 Å². The number of phenolic OH excluding ortho intramolecular Hbond substituents is 1. The number of carbonyl (C=O) groups is 1. The third-order valence-electron chi connectivity index (χ3n) is 7.10. The van der Waals surface area contributed by atoms with E-state index in [-0.39, 0.29) is 22.8 Å². The van der Waals surface area contributed by atoms with Crippen LogP contribution < -0.4 is 10.9 Å². The molecule has 6 nitrogen and oxygen atoms in total. The number of phenols is 1. The van der Waals surface area contributed by atoms with Crippen molar-refractivity contribution in [3.8, 4) is 5.75 Å². The summed E-state index contributed by atoms with van der Waals surface area (Å²) < 4.78 is 5.70. The predicted octanol–water partition coefficient (Wildman–Crippen LogP) is 3.86. The van der Waals surface area contributed by atoms with Gasteiger partial charge >= 0.3 is 5.97 Å². The van der Waals surface area contributed by atoms with E-state index < -0.39 is 6.10 Å². The molecule has 6 heteroatoms. The largest absolute Gasteiger partial charge is 0.506 e. The van der Waals surface area contributed by atoms with Crippen molar-refractivity contribution >= 4 is 16.9 Å². The molecule has 0 saturated heterocycles. The Labute approximate surface area is 193 Å². The van der Waals surface area contributed by atoms with Crippen LogP contribution in [0, 0.1) is 0 Å². The molecule has 0 fully saturated rings. The van der Waals surface area contributed by atoms with E-state index in [1.807, 2.05) is 0 Å². The minimum Gasteiger partial charge on any atom is -0.506 e. The highest BCUT2D eigenvalue weighted by molar-refractivity contribution is 5.87. The highest BCUT2D eigenvalue weighted by Gasteiger charge is 2.34. The fourth-order valence-electron chi connectivity index (χ4n) is 5.54. The van der Waals surface area contributed by atoms with Gasteiger partial charge in [-0.15, -0.1) is 0 Å². The monoisotopic (exact) mass is 446 g/mol. The molecule has 2 aliphatic carbocycles. The SMILES string of the molecule is CC(=O)O[C@@H](CNC1(C)Cc2cc3c(cc2C1)CCCC3)c1ccc(O)c2[nH]c(=O)ccc12. The lowest BCUT2D eigenvalue weighted by atomic mass is 9.89. The number of aromatic hydroxyl groups is 1. The van der Waals surface area contributed by atoms with E-state index in [1.165, 1.54) is 67.0 Å². The van der Waals surface area contributed by atoms with Crippen molar-refractivity contribution in [1.82, 2.24) is 10.3 Å². The van der Waals surface area contributed by atoms with E-state index in [2.05, 4.69) is 29.4 Å². The van der Waals surface area contributed by atoms with E-state index >= 15 is 0 Å². The van der Waals surface area contributed by atoms with Crippen LogP contribution in [0.5, 0.6) is 5.75 Å². The Morgan fingerprint density at radius 2 is 1.76 bits per heavy atom. The van der Waals surface area contributed by atoms with Crippen LogP contribution in [-0.2, 0) is 35.2 Å². The topological polar surface area (TPSA) is 91.4 Å². The van der Waals surface area contributed by atoms with Gasteiger partial charge < -0.3 is 20.1 Å². The number of benzene rings is 2. The number of aryl methyl sites for hydroxylation is 2. The molecule has 0 radical (unpaired) electrons. The van der Waals surface area contributed by atoms with Crippen molar-refractivity contribution in [3.05, 3.63) is 74.6 Å². The van der Waals surface area contributed by atoms with Gasteiger partial charge in [0.05, 0.1) is 5.52 Å². The molecule has 1 aromatic heterocycles. The number of H-pyrrole nitrogens is 1. The lowest BCUT2D eigenvalue weighted by Crippen LogP contribution is -2.45. The average Bonchev–Trinajstić information content (AvgIpc) is 3.10. The molecule has 0 spiro atoms. The third-order valence-corrected chi connectivity index (χ3v) is 7.10. The molecule has 5 rings (SSSR count). The first-order valence-electron chi connectivity index (χ1n) is 11.7. The van der Waals surface area contributed by atoms with Crippen LogP contribution in [-0.4, -0.2) is 28.1 Å². The Morgan fingerprint density at radius 3 is 2.39 bits per heavy atom. The second-order valence-corrected chi connectivity index (χ2v) is 9.78. The van der Waals surface area contributed by atoms with Gasteiger partial charge in [0.25, 0.3) is 0 Å². The maximum atomic E-state index is 11.9. The fourth-order valence-corrected chi connectivity index (χ4v) is 5.54. The van der Waals surface area contributed by atoms with E-state index in [9.17, 15) is 14.7 Å². The highest BCUT2D eigenvalue weighted by Crippen LogP contribution is 2.36. The summed E-state index contributed by atoms with van der Waals surface area (Å²) in [4.78, 5) is 26.4. The molecule has 33 heavy (non-hydrogen) atoms. The quantitative estimate of drug-likeness (QED) is 0.518. The number of aromatic nitrogens is 1. The molecule has 3 N–H and O–H groups in total. The summed E-state index contributed by atoms with van der Waals surface area (Å²) in [7, 11) is 0. The zero-order valence-electron chi connectivity index (χ0n) is 19.2. The molecule has 0 aliphatic heterocycles. The summed E-state index contributed by atoms with van der Waals surface area (Å²) >= 11 is 0. The Hall–Kier alpha value is -3.12. The summed E-state index contributed by atoms with van der Waals surface area (Å²) in [5, 5.41) is 14.6. The number of pyridine rings is 1. The zero-order valence-corrected chi connectivity index (χ0v) is 19.2. The van der Waals surface area contributed by atoms with E-state index in [4.69, 9.17) is 4.74 Å². The van der Waals surface area contributed by atoms with Crippen LogP contribution in [0.2, 0.25) is 0 Å². The van der Waals surface area contributed by atoms with Gasteiger partial charge in [0, 0.05) is 36.0 Å². The summed E-state index contributed by atoms with van der Waals surface area (Å²) in [5.41, 5.74) is 6.52. The van der Waals surface area contributed by atoms with Crippen LogP contribution in [0.3, 0.4) is 0 Å². The molecule has 0 amide bonds. The number of hydrogen-bond donors (Lipinski definition) is 3. The number of esters is 1. The zero-order chi connectivity index (χ0) is 23.2. The maximum Gasteiger partial charge on any atom is 0.303 e. The van der Waals surface area contributed by atoms with E-state index in [0.717, 1.165) is 18.4 Å². The minimum absolute atomic E-state index is 0.0110. The first-order chi connectivity index (χ1) is 15.8. The molecule has 2 aliphatic rings. The summed E-state index contributed by atoms with van der Waals surface area (Å²) in [6.07, 6.45) is 6.23. The number of ether oxygens (including phenoxy) is 1. The molecule has 0 bridgehead atoms. The van der Waals surface area contributed by atoms with Crippen molar-refractivity contribution in [3.63, 3.8) is 0 Å². The van der Waals surface area contributed by atoms with Crippen LogP contribution in [0.1, 0.15) is 60.6 Å². The molecule has 172 valence electrons. The van der Waals surface area contributed by atoms with Crippen molar-refractivity contribution in [2.75, 3.05) is 6.54 Å². The minimum atomic E-state index is -0.551. The van der Waals surface area contributed by atoms with Gasteiger partial charge in [-0.2, -0.15) is 0 Å². The highest BCUT2D eigenvalue weighted by atomic mass is 16.5. The second-order valence-electron chi connectivity index (χ2n) is 9.78. The number of nitrogens with one attached hydrogen (secondary N) is 2. The van der Waals surface area contributed by atoms with Gasteiger partial charge in [0.2, 0.25) is 5.56 Å². The predicted molar refractivity (Wildman–Crippen MR) is 128 cm³/mol. The normalized spacial score (nSPS) is 17.4. The number of fused-ring (bicyclic) bond motifs is 3. The number of carbonyl (C=O) groups excluding carboxylic acids is 1. The van der Waals surface area contributed by atoms with Gasteiger partial charge in [0.1, 0.15) is 11.9 Å². The fraction of sp³-hybridized carbons (Fsp3) is 0.407. The van der Waals surface area contributed by atoms with Crippen molar-refractivity contribution in [2.24, 2.45) is 0 Å². The molecular formula is C27H30N2O4. The van der Waals surface area contributed by atoms with E-state index in [1.54, 1.807) is 12.1 Å². The van der Waals surface area contributed by atoms with Crippen LogP contribution in [0.15, 0.2) is 41.2 Å². The molecule has 2 aromatic carbocycles. The van der Waals surface area contributed by atoms with Gasteiger partial charge in [-0.25, -0.2) is 0 Å². The summed E-state index contributed by atoms with van der Waals surface area (Å²) in [5.74, 6) is -0.386. The first-order valence-corrected chi connectivity index (χ1v) is 11.7. The van der Waals surface area contributed by atoms with Gasteiger partial charge in [-0.05, 0) is 79.8 Å². The lowest BCUT2D eigenvalue weighted by Gasteiger charge is -2.29. The number of aromatic amines is 1. The first kappa shape index (κ1) is 21.7. The standard InChI is InChI=1S/C27H30N2O4/c1-16(30)33-24(21-7-9-23(31)26-22(21)8-10-25(32)29-26)15-28-27(2)13-19-11-17-5-3-4-6-18(17)12-20(19)14-27/h7-12,24,28,31H,3-6,13-15H2,1-2H3,(H,29,32)/t24-/m0/s1. The van der Waals surface area contributed by atoms with Crippen LogP contribution in [0.25, 0.3) is 10.9 Å². The Kier molecular flexibility index (Phi) is 5.49. The Bertz CT molecular complexity index is 1260. The van der Waals surface area contributed by atoms with E-state index in [0.29, 0.717) is 17.4 Å². The Balaban J connectivity index is 1.40. The summed E-state index contributed by atoms with van der Waals surface area (Å²) in [6.45, 7) is 4.06. The smallest absolute Gasteiger partial charge is 0.303 e. The third kappa shape index (κ3) is 4.27. The number of rotatable bonds is 5. The molecule has 1 atom stereocenters.